The molecule has 0 saturated carbocycles. The number of hydrogen-bond donors (Lipinski definition) is 0. The van der Waals surface area contributed by atoms with Crippen molar-refractivity contribution in [3.63, 3.8) is 0 Å². The smallest absolute Gasteiger partial charge is 0.414 e. The van der Waals surface area contributed by atoms with Crippen molar-refractivity contribution in [3.8, 4) is 11.5 Å². The number of nitrogens with zero attached hydrogens (tertiary/aromatic N) is 8. The molecule has 1 aromatic carbocycles. The average Bonchev–Trinajstić information content (AvgIpc) is 3.42. The Kier molecular flexibility index (Phi) is 4.60. The van der Waals surface area contributed by atoms with Gasteiger partial charge >= 0.3 is 6.09 Å². The Balaban J connectivity index is 1.51. The molecule has 142 valence electrons. The Hall–Kier alpha value is -3.92. The Bertz CT molecular complexity index is 1040. The minimum Gasteiger partial charge on any atom is -0.444 e. The van der Waals surface area contributed by atoms with Crippen LogP contribution in [0.5, 0.6) is 0 Å². The summed E-state index contributed by atoms with van der Waals surface area (Å²) in [4.78, 5) is 24.0. The highest BCUT2D eigenvalue weighted by Crippen LogP contribution is 2.29. The molecule has 0 spiro atoms. The van der Waals surface area contributed by atoms with E-state index < -0.39 is 18.0 Å². The Labute approximate surface area is 157 Å². The van der Waals surface area contributed by atoms with E-state index in [9.17, 15) is 9.18 Å². The number of benzene rings is 1. The van der Waals surface area contributed by atoms with E-state index in [4.69, 9.17) is 14.7 Å². The molecule has 12 heteroatoms. The molecule has 0 N–H and O–H groups in total. The normalized spacial score (nSPS) is 16.1. The zero-order valence-corrected chi connectivity index (χ0v) is 14.3. The first-order valence-electron chi connectivity index (χ1n) is 8.20. The van der Waals surface area contributed by atoms with Crippen molar-refractivity contribution < 1.29 is 18.3 Å². The molecule has 11 nitrogen and oxygen atoms in total. The Morgan fingerprint density at radius 3 is 3.07 bits per heavy atom. The molecule has 28 heavy (non-hydrogen) atoms. The summed E-state index contributed by atoms with van der Waals surface area (Å²) in [5, 5.41) is 7.36. The fourth-order valence-electron chi connectivity index (χ4n) is 2.78. The number of cyclic esters (lactones) is 1. The zero-order valence-electron chi connectivity index (χ0n) is 14.3. The van der Waals surface area contributed by atoms with Gasteiger partial charge in [0.2, 0.25) is 5.89 Å². The van der Waals surface area contributed by atoms with Gasteiger partial charge in [0, 0.05) is 4.91 Å². The van der Waals surface area contributed by atoms with Crippen molar-refractivity contribution >= 4 is 11.8 Å². The molecular weight excluding hydrogens is 371 g/mol. The molecule has 1 amide bonds. The standard InChI is InChI=1S/C16H13FN8O3/c17-14-3-11(25-6-12(4-20-23-18)28-16(25)26)1-2-13(14)15-22-10(7-27-15)5-24-9-19-8-21-24/h1-3,7-9,12H,4-6H2. The van der Waals surface area contributed by atoms with E-state index in [0.29, 0.717) is 17.9 Å². The monoisotopic (exact) mass is 384 g/mol. The van der Waals surface area contributed by atoms with Crippen molar-refractivity contribution in [2.45, 2.75) is 12.6 Å². The maximum atomic E-state index is 14.6. The Morgan fingerprint density at radius 2 is 2.32 bits per heavy atom. The number of amides is 1. The molecule has 1 fully saturated rings. The highest BCUT2D eigenvalue weighted by atomic mass is 19.1. The zero-order chi connectivity index (χ0) is 19.5. The fourth-order valence-corrected chi connectivity index (χ4v) is 2.78. The van der Waals surface area contributed by atoms with Gasteiger partial charge in [0.25, 0.3) is 0 Å². The summed E-state index contributed by atoms with van der Waals surface area (Å²) in [6, 6.07) is 4.24. The molecule has 1 aliphatic rings. The van der Waals surface area contributed by atoms with E-state index in [1.807, 2.05) is 0 Å². The lowest BCUT2D eigenvalue weighted by atomic mass is 10.1. The number of carbonyl (C=O) groups excluding carboxylic acids is 1. The van der Waals surface area contributed by atoms with Crippen molar-refractivity contribution in [1.29, 1.82) is 0 Å². The molecule has 0 aliphatic carbocycles. The third-order valence-electron chi connectivity index (χ3n) is 4.06. The van der Waals surface area contributed by atoms with Crippen LogP contribution in [0.4, 0.5) is 14.9 Å². The number of halogens is 1. The van der Waals surface area contributed by atoms with Crippen molar-refractivity contribution in [2.75, 3.05) is 18.0 Å². The number of oxazole rings is 1. The summed E-state index contributed by atoms with van der Waals surface area (Å²) in [6.45, 7) is 0.525. The summed E-state index contributed by atoms with van der Waals surface area (Å²) in [7, 11) is 0. The lowest BCUT2D eigenvalue weighted by Crippen LogP contribution is -2.25. The molecule has 0 radical (unpaired) electrons. The summed E-state index contributed by atoms with van der Waals surface area (Å²) < 4.78 is 26.6. The van der Waals surface area contributed by atoms with E-state index in [1.54, 1.807) is 10.7 Å². The molecule has 2 aromatic heterocycles. The van der Waals surface area contributed by atoms with Gasteiger partial charge in [-0.2, -0.15) is 5.10 Å². The van der Waals surface area contributed by atoms with Crippen molar-refractivity contribution in [1.82, 2.24) is 19.7 Å². The number of aromatic nitrogens is 4. The third-order valence-corrected chi connectivity index (χ3v) is 4.06. The lowest BCUT2D eigenvalue weighted by molar-refractivity contribution is 0.145. The van der Waals surface area contributed by atoms with Crippen LogP contribution < -0.4 is 4.90 Å². The first kappa shape index (κ1) is 17.5. The third kappa shape index (κ3) is 3.48. The van der Waals surface area contributed by atoms with Crippen LogP contribution in [0.15, 0.2) is 46.6 Å². The van der Waals surface area contributed by atoms with Gasteiger partial charge in [-0.25, -0.2) is 23.8 Å². The second-order valence-corrected chi connectivity index (χ2v) is 5.93. The number of carbonyl (C=O) groups is 1. The maximum absolute atomic E-state index is 14.6. The van der Waals surface area contributed by atoms with E-state index in [0.717, 1.165) is 0 Å². The van der Waals surface area contributed by atoms with Gasteiger partial charge in [-0.3, -0.25) is 4.90 Å². The molecule has 4 rings (SSSR count). The van der Waals surface area contributed by atoms with Gasteiger partial charge < -0.3 is 9.15 Å². The first-order chi connectivity index (χ1) is 13.6. The van der Waals surface area contributed by atoms with Crippen LogP contribution in [0.1, 0.15) is 5.69 Å². The highest BCUT2D eigenvalue weighted by Gasteiger charge is 2.32. The predicted molar refractivity (Wildman–Crippen MR) is 92.6 cm³/mol. The van der Waals surface area contributed by atoms with E-state index >= 15 is 0 Å². The lowest BCUT2D eigenvalue weighted by Gasteiger charge is -2.13. The van der Waals surface area contributed by atoms with Gasteiger partial charge in [-0.15, -0.1) is 0 Å². The quantitative estimate of drug-likeness (QED) is 0.364. The summed E-state index contributed by atoms with van der Waals surface area (Å²) in [5.74, 6) is -0.484. The second-order valence-electron chi connectivity index (χ2n) is 5.93. The number of ether oxygens (including phenoxy) is 1. The SMILES string of the molecule is [N-]=[N+]=NCC1CN(c2ccc(-c3nc(Cn4cncn4)co3)c(F)c2)C(=O)O1. The highest BCUT2D eigenvalue weighted by molar-refractivity contribution is 5.90. The molecule has 1 aliphatic heterocycles. The maximum Gasteiger partial charge on any atom is 0.414 e. The predicted octanol–water partition coefficient (Wildman–Crippen LogP) is 2.76. The van der Waals surface area contributed by atoms with Gasteiger partial charge in [0.05, 0.1) is 30.9 Å². The molecular formula is C16H13FN8O3. The van der Waals surface area contributed by atoms with Crippen molar-refractivity contribution in [2.24, 2.45) is 5.11 Å². The van der Waals surface area contributed by atoms with E-state index in [-0.39, 0.29) is 24.5 Å². The number of anilines is 1. The van der Waals surface area contributed by atoms with Crippen LogP contribution in [-0.2, 0) is 11.3 Å². The second kappa shape index (κ2) is 7.37. The van der Waals surface area contributed by atoms with Crippen molar-refractivity contribution in [3.05, 3.63) is 59.1 Å². The first-order valence-corrected chi connectivity index (χ1v) is 8.20. The van der Waals surface area contributed by atoms with Gasteiger partial charge in [0.1, 0.15) is 36.5 Å². The number of azide groups is 1. The molecule has 3 aromatic rings. The Morgan fingerprint density at radius 1 is 1.43 bits per heavy atom. The molecule has 0 bridgehead atoms. The number of hydrogen-bond acceptors (Lipinski definition) is 7. The van der Waals surface area contributed by atoms with Crippen LogP contribution in [-0.4, -0.2) is 45.0 Å². The summed E-state index contributed by atoms with van der Waals surface area (Å²) >= 11 is 0. The van der Waals surface area contributed by atoms with Crippen LogP contribution in [0.2, 0.25) is 0 Å². The van der Waals surface area contributed by atoms with Crippen LogP contribution in [0.3, 0.4) is 0 Å². The minimum absolute atomic E-state index is 0.0180. The average molecular weight is 384 g/mol. The van der Waals surface area contributed by atoms with Gasteiger partial charge in [-0.1, -0.05) is 5.11 Å². The van der Waals surface area contributed by atoms with Crippen LogP contribution >= 0.6 is 0 Å². The summed E-state index contributed by atoms with van der Waals surface area (Å²) in [5.41, 5.74) is 9.40. The van der Waals surface area contributed by atoms with Crippen LogP contribution in [0, 0.1) is 5.82 Å². The molecule has 1 saturated heterocycles. The fraction of sp³-hybridized carbons (Fsp3) is 0.250. The molecule has 1 atom stereocenters. The topological polar surface area (TPSA) is 135 Å². The largest absolute Gasteiger partial charge is 0.444 e. The molecule has 1 unspecified atom stereocenters. The molecule has 3 heterocycles. The van der Waals surface area contributed by atoms with Gasteiger partial charge in [0.15, 0.2) is 0 Å². The van der Waals surface area contributed by atoms with Crippen LogP contribution in [0.25, 0.3) is 21.9 Å². The van der Waals surface area contributed by atoms with E-state index in [1.165, 1.54) is 36.0 Å². The van der Waals surface area contributed by atoms with Gasteiger partial charge in [-0.05, 0) is 23.7 Å². The summed E-state index contributed by atoms with van der Waals surface area (Å²) in [6.07, 6.45) is 3.16. The van der Waals surface area contributed by atoms with E-state index in [2.05, 4.69) is 25.1 Å². The minimum atomic E-state index is -0.628. The number of rotatable bonds is 6.